The smallest absolute Gasteiger partial charge is 0.00232 e. The second-order valence-corrected chi connectivity index (χ2v) is 16.4. The second kappa shape index (κ2) is 12.4. The Bertz CT molecular complexity index is 3030. The van der Waals surface area contributed by atoms with Crippen molar-refractivity contribution < 1.29 is 0 Å². The van der Waals surface area contributed by atoms with Gasteiger partial charge in [-0.05, 0) is 153 Å². The van der Waals surface area contributed by atoms with Crippen LogP contribution >= 0.6 is 0 Å². The minimum Gasteiger partial charge on any atom is -0.0619 e. The molecule has 0 fully saturated rings. The molecule has 0 amide bonds. The maximum absolute atomic E-state index is 2.49. The monoisotopic (exact) mass is 702 g/mol. The minimum absolute atomic E-state index is 0.0682. The quantitative estimate of drug-likeness (QED) is 0.160. The van der Waals surface area contributed by atoms with Gasteiger partial charge in [0.1, 0.15) is 0 Å². The van der Waals surface area contributed by atoms with Crippen molar-refractivity contribution in [1.82, 2.24) is 0 Å². The van der Waals surface area contributed by atoms with Gasteiger partial charge in [0.25, 0.3) is 0 Å². The molecule has 0 aliphatic heterocycles. The first-order chi connectivity index (χ1) is 27.0. The van der Waals surface area contributed by atoms with Gasteiger partial charge in [-0.3, -0.25) is 0 Å². The zero-order valence-corrected chi connectivity index (χ0v) is 31.4. The Kier molecular flexibility index (Phi) is 7.26. The third-order valence-corrected chi connectivity index (χ3v) is 13.1. The van der Waals surface area contributed by atoms with Crippen LogP contribution in [0.2, 0.25) is 0 Å². The molecule has 1 atom stereocenters. The molecule has 0 aromatic heterocycles. The molecule has 0 heterocycles. The van der Waals surface area contributed by atoms with Crippen LogP contribution in [0, 0.1) is 5.92 Å². The SMILES string of the molecule is CC1(C)c2ccccc2C2=CC=C(c3c4ccccc4c(C4=CC=C(c5ccc6ccccc6c5)CC4)c4cc(-c5ccc6ccccc6c5)ccc34)CC21. The fourth-order valence-electron chi connectivity index (χ4n) is 10.2. The highest BCUT2D eigenvalue weighted by Gasteiger charge is 2.44. The van der Waals surface area contributed by atoms with E-state index in [1.807, 2.05) is 0 Å². The molecule has 0 nitrogen and oxygen atoms in total. The molecule has 3 aliphatic carbocycles. The summed E-state index contributed by atoms with van der Waals surface area (Å²) in [6.07, 6.45) is 12.7. The number of hydrogen-bond acceptors (Lipinski definition) is 0. The fraction of sp³-hybridized carbons (Fsp3) is 0.127. The van der Waals surface area contributed by atoms with E-state index in [1.54, 1.807) is 0 Å². The predicted molar refractivity (Wildman–Crippen MR) is 237 cm³/mol. The van der Waals surface area contributed by atoms with Gasteiger partial charge in [0.15, 0.2) is 0 Å². The maximum atomic E-state index is 2.49. The van der Waals surface area contributed by atoms with Crippen LogP contribution in [0.15, 0.2) is 176 Å². The van der Waals surface area contributed by atoms with E-state index in [4.69, 9.17) is 0 Å². The Morgan fingerprint density at radius 1 is 0.418 bits per heavy atom. The first-order valence-corrected chi connectivity index (χ1v) is 19.9. The highest BCUT2D eigenvalue weighted by Crippen LogP contribution is 2.56. The summed E-state index contributed by atoms with van der Waals surface area (Å²) < 4.78 is 0. The van der Waals surface area contributed by atoms with Gasteiger partial charge in [-0.25, -0.2) is 0 Å². The van der Waals surface area contributed by atoms with E-state index in [2.05, 4.69) is 190 Å². The first kappa shape index (κ1) is 32.2. The number of benzene rings is 8. The zero-order valence-electron chi connectivity index (χ0n) is 31.4. The molecule has 0 bridgehead atoms. The van der Waals surface area contributed by atoms with E-state index >= 15 is 0 Å². The predicted octanol–water partition coefficient (Wildman–Crippen LogP) is 15.0. The Balaban J connectivity index is 1.12. The average Bonchev–Trinajstić information content (AvgIpc) is 3.47. The van der Waals surface area contributed by atoms with Crippen molar-refractivity contribution in [3.05, 3.63) is 204 Å². The molecule has 0 radical (unpaired) electrons. The summed E-state index contributed by atoms with van der Waals surface area (Å²) in [7, 11) is 0. The van der Waals surface area contributed by atoms with Gasteiger partial charge < -0.3 is 0 Å². The number of rotatable bonds is 4. The highest BCUT2D eigenvalue weighted by atomic mass is 14.5. The van der Waals surface area contributed by atoms with Crippen LogP contribution < -0.4 is 0 Å². The lowest BCUT2D eigenvalue weighted by molar-refractivity contribution is 0.418. The molecule has 11 rings (SSSR count). The van der Waals surface area contributed by atoms with Crippen LogP contribution in [0.4, 0.5) is 0 Å². The average molecular weight is 703 g/mol. The van der Waals surface area contributed by atoms with E-state index in [1.165, 1.54) is 104 Å². The molecule has 0 saturated heterocycles. The molecular weight excluding hydrogens is 661 g/mol. The molecule has 262 valence electrons. The molecule has 0 spiro atoms. The molecule has 8 aromatic rings. The number of hydrogen-bond donors (Lipinski definition) is 0. The molecule has 1 unspecified atom stereocenters. The van der Waals surface area contributed by atoms with Crippen LogP contribution in [0.1, 0.15) is 60.9 Å². The van der Waals surface area contributed by atoms with E-state index < -0.39 is 0 Å². The summed E-state index contributed by atoms with van der Waals surface area (Å²) in [5.74, 6) is 0.440. The summed E-state index contributed by atoms with van der Waals surface area (Å²) in [5, 5.41) is 10.5. The topological polar surface area (TPSA) is 0 Å². The van der Waals surface area contributed by atoms with E-state index in [0.29, 0.717) is 5.92 Å². The van der Waals surface area contributed by atoms with Crippen LogP contribution in [-0.4, -0.2) is 0 Å². The van der Waals surface area contributed by atoms with Gasteiger partial charge in [-0.1, -0.05) is 172 Å². The summed E-state index contributed by atoms with van der Waals surface area (Å²) in [6, 6.07) is 56.8. The van der Waals surface area contributed by atoms with Gasteiger partial charge in [0.05, 0.1) is 0 Å². The van der Waals surface area contributed by atoms with E-state index in [0.717, 1.165) is 19.3 Å². The lowest BCUT2D eigenvalue weighted by atomic mass is 9.71. The van der Waals surface area contributed by atoms with Crippen LogP contribution in [-0.2, 0) is 5.41 Å². The van der Waals surface area contributed by atoms with Crippen molar-refractivity contribution in [1.29, 1.82) is 0 Å². The largest absolute Gasteiger partial charge is 0.0619 e. The summed E-state index contributed by atoms with van der Waals surface area (Å²) in [6.45, 7) is 4.90. The van der Waals surface area contributed by atoms with Crippen molar-refractivity contribution >= 4 is 65.4 Å². The number of allylic oxidation sites excluding steroid dienone is 8. The molecule has 8 aromatic carbocycles. The van der Waals surface area contributed by atoms with Gasteiger partial charge >= 0.3 is 0 Å². The Morgan fingerprint density at radius 2 is 0.945 bits per heavy atom. The zero-order chi connectivity index (χ0) is 36.7. The van der Waals surface area contributed by atoms with Gasteiger partial charge in [-0.2, -0.15) is 0 Å². The lowest BCUT2D eigenvalue weighted by Gasteiger charge is -2.32. The van der Waals surface area contributed by atoms with Crippen molar-refractivity contribution in [3.63, 3.8) is 0 Å². The van der Waals surface area contributed by atoms with Gasteiger partial charge in [0, 0.05) is 0 Å². The highest BCUT2D eigenvalue weighted by molar-refractivity contribution is 6.17. The summed E-state index contributed by atoms with van der Waals surface area (Å²) in [5.41, 5.74) is 15.4. The standard InChI is InChI=1S/C55H42/c1-55(2)51-18-10-9-15-45(51)46-29-28-44(34-52(46)55)54-48-17-8-7-16-47(48)53(38-23-19-37(20-24-38)41-25-21-35-11-3-5-13-39(35)31-41)50-33-43(27-30-49(50)54)42-26-22-36-12-4-6-14-40(36)32-42/h3-19,21-23,25-33,52H,20,24,34H2,1-2H3. The molecule has 0 saturated carbocycles. The number of fused-ring (bicyclic) bond motifs is 7. The normalized spacial score (nSPS) is 17.5. The minimum atomic E-state index is 0.0682. The maximum Gasteiger partial charge on any atom is -0.00232 e. The fourth-order valence-corrected chi connectivity index (χ4v) is 10.2. The molecule has 0 heteroatoms. The van der Waals surface area contributed by atoms with Crippen LogP contribution in [0.3, 0.4) is 0 Å². The molecule has 3 aliphatic rings. The third-order valence-electron chi connectivity index (χ3n) is 13.1. The summed E-state index contributed by atoms with van der Waals surface area (Å²) in [4.78, 5) is 0. The van der Waals surface area contributed by atoms with Crippen molar-refractivity contribution in [2.45, 2.75) is 38.5 Å². The van der Waals surface area contributed by atoms with Gasteiger partial charge in [0.2, 0.25) is 0 Å². The van der Waals surface area contributed by atoms with Gasteiger partial charge in [-0.15, -0.1) is 0 Å². The van der Waals surface area contributed by atoms with E-state index in [-0.39, 0.29) is 5.41 Å². The Labute approximate surface area is 323 Å². The van der Waals surface area contributed by atoms with Crippen molar-refractivity contribution in [2.75, 3.05) is 0 Å². The molecular formula is C55H42. The Morgan fingerprint density at radius 3 is 1.67 bits per heavy atom. The van der Waals surface area contributed by atoms with E-state index in [9.17, 15) is 0 Å². The second-order valence-electron chi connectivity index (χ2n) is 16.4. The molecule has 0 N–H and O–H groups in total. The Hall–Kier alpha value is -6.24. The molecule has 55 heavy (non-hydrogen) atoms. The van der Waals surface area contributed by atoms with Crippen molar-refractivity contribution in [2.24, 2.45) is 5.92 Å². The van der Waals surface area contributed by atoms with Crippen LogP contribution in [0.25, 0.3) is 76.5 Å². The van der Waals surface area contributed by atoms with Crippen molar-refractivity contribution in [3.8, 4) is 11.1 Å². The first-order valence-electron chi connectivity index (χ1n) is 19.9. The summed E-state index contributed by atoms with van der Waals surface area (Å²) >= 11 is 0. The third kappa shape index (κ3) is 5.12. The van der Waals surface area contributed by atoms with Crippen LogP contribution in [0.5, 0.6) is 0 Å². The lowest BCUT2D eigenvalue weighted by Crippen LogP contribution is -2.25.